The Morgan fingerprint density at radius 2 is 2.06 bits per heavy atom. The number of nitrogens with zero attached hydrogens (tertiary/aromatic N) is 2. The average molecular weight is 248 g/mol. The number of hydrogen-bond acceptors (Lipinski definition) is 3. The first-order valence-corrected chi connectivity index (χ1v) is 7.17. The van der Waals surface area contributed by atoms with Gasteiger partial charge in [0.15, 0.2) is 0 Å². The van der Waals surface area contributed by atoms with E-state index in [1.807, 2.05) is 19.2 Å². The molecule has 1 aromatic heterocycles. The maximum atomic E-state index is 9.75. The third-order valence-electron chi connectivity index (χ3n) is 3.94. The second-order valence-electron chi connectivity index (χ2n) is 5.09. The van der Waals surface area contributed by atoms with Crippen molar-refractivity contribution in [1.29, 1.82) is 0 Å². The Balaban J connectivity index is 2.11. The average Bonchev–Trinajstić information content (AvgIpc) is 2.93. The summed E-state index contributed by atoms with van der Waals surface area (Å²) in [6.45, 7) is 5.20. The van der Waals surface area contributed by atoms with Crippen LogP contribution in [-0.2, 0) is 0 Å². The molecule has 1 aromatic rings. The summed E-state index contributed by atoms with van der Waals surface area (Å²) in [5.41, 5.74) is 1.97. The highest BCUT2D eigenvalue weighted by Crippen LogP contribution is 2.28. The summed E-state index contributed by atoms with van der Waals surface area (Å²) in [5, 5.41) is 9.75. The van der Waals surface area contributed by atoms with E-state index in [0.29, 0.717) is 12.5 Å². The second kappa shape index (κ2) is 6.19. The largest absolute Gasteiger partial charge is 0.387 e. The van der Waals surface area contributed by atoms with Crippen LogP contribution in [0.5, 0.6) is 0 Å². The Labute approximate surface area is 110 Å². The molecule has 3 nitrogen and oxygen atoms in total. The molecular formula is C15H24N2O. The van der Waals surface area contributed by atoms with Crippen LogP contribution in [0.4, 0.5) is 5.69 Å². The minimum atomic E-state index is -0.430. The molecule has 0 aromatic carbocycles. The molecule has 1 unspecified atom stereocenters. The van der Waals surface area contributed by atoms with Gasteiger partial charge in [-0.25, -0.2) is 0 Å². The van der Waals surface area contributed by atoms with Crippen molar-refractivity contribution in [3.63, 3.8) is 0 Å². The summed E-state index contributed by atoms with van der Waals surface area (Å²) in [7, 11) is 0. The smallest absolute Gasteiger partial charge is 0.0957 e. The summed E-state index contributed by atoms with van der Waals surface area (Å²) in [6.07, 6.45) is 7.49. The Bertz CT molecular complexity index is 357. The molecular weight excluding hydrogens is 224 g/mol. The topological polar surface area (TPSA) is 36.4 Å². The molecule has 3 heteroatoms. The van der Waals surface area contributed by atoms with E-state index < -0.39 is 6.10 Å². The number of aliphatic hydroxyl groups excluding tert-OH is 1. The van der Waals surface area contributed by atoms with Crippen LogP contribution < -0.4 is 4.90 Å². The van der Waals surface area contributed by atoms with E-state index in [1.54, 1.807) is 0 Å². The minimum absolute atomic E-state index is 0.430. The summed E-state index contributed by atoms with van der Waals surface area (Å²) < 4.78 is 0. The molecule has 0 aliphatic heterocycles. The summed E-state index contributed by atoms with van der Waals surface area (Å²) >= 11 is 0. The molecule has 1 atom stereocenters. The summed E-state index contributed by atoms with van der Waals surface area (Å²) in [6, 6.07) is 4.74. The molecule has 18 heavy (non-hydrogen) atoms. The molecule has 0 spiro atoms. The SMILES string of the molecule is CCC(O)c1ccc(N(CC)C2CCCC2)cn1. The molecule has 0 amide bonds. The number of pyridine rings is 1. The normalized spacial score (nSPS) is 17.9. The Morgan fingerprint density at radius 1 is 1.33 bits per heavy atom. The van der Waals surface area contributed by atoms with E-state index in [0.717, 1.165) is 12.2 Å². The maximum absolute atomic E-state index is 9.75. The third kappa shape index (κ3) is 2.83. The van der Waals surface area contributed by atoms with Gasteiger partial charge in [-0.3, -0.25) is 4.98 Å². The van der Waals surface area contributed by atoms with Crippen molar-refractivity contribution in [2.24, 2.45) is 0 Å². The van der Waals surface area contributed by atoms with Crippen LogP contribution in [0.25, 0.3) is 0 Å². The Morgan fingerprint density at radius 3 is 2.56 bits per heavy atom. The van der Waals surface area contributed by atoms with E-state index in [4.69, 9.17) is 0 Å². The quantitative estimate of drug-likeness (QED) is 0.868. The van der Waals surface area contributed by atoms with Crippen LogP contribution in [0.2, 0.25) is 0 Å². The van der Waals surface area contributed by atoms with Crippen LogP contribution in [0.15, 0.2) is 18.3 Å². The fourth-order valence-electron chi connectivity index (χ4n) is 2.84. The van der Waals surface area contributed by atoms with Crippen molar-refractivity contribution in [2.45, 2.75) is 58.1 Å². The highest BCUT2D eigenvalue weighted by atomic mass is 16.3. The predicted molar refractivity (Wildman–Crippen MR) is 74.8 cm³/mol. The lowest BCUT2D eigenvalue weighted by Crippen LogP contribution is -2.33. The lowest BCUT2D eigenvalue weighted by atomic mass is 10.1. The summed E-state index contributed by atoms with van der Waals surface area (Å²) in [5.74, 6) is 0. The van der Waals surface area contributed by atoms with Crippen LogP contribution in [-0.4, -0.2) is 22.7 Å². The molecule has 0 bridgehead atoms. The van der Waals surface area contributed by atoms with Gasteiger partial charge in [-0.1, -0.05) is 19.8 Å². The van der Waals surface area contributed by atoms with Crippen molar-refractivity contribution in [3.05, 3.63) is 24.0 Å². The Kier molecular flexibility index (Phi) is 4.59. The van der Waals surface area contributed by atoms with Gasteiger partial charge in [0.25, 0.3) is 0 Å². The molecule has 0 saturated heterocycles. The molecule has 1 aliphatic rings. The van der Waals surface area contributed by atoms with E-state index in [1.165, 1.54) is 31.4 Å². The van der Waals surface area contributed by atoms with Crippen molar-refractivity contribution in [1.82, 2.24) is 4.98 Å². The van der Waals surface area contributed by atoms with Crippen LogP contribution >= 0.6 is 0 Å². The molecule has 1 fully saturated rings. The Hall–Kier alpha value is -1.09. The van der Waals surface area contributed by atoms with Gasteiger partial charge in [-0.05, 0) is 38.3 Å². The third-order valence-corrected chi connectivity index (χ3v) is 3.94. The van der Waals surface area contributed by atoms with Gasteiger partial charge in [-0.2, -0.15) is 0 Å². The lowest BCUT2D eigenvalue weighted by molar-refractivity contribution is 0.169. The van der Waals surface area contributed by atoms with Gasteiger partial charge in [0.2, 0.25) is 0 Å². The predicted octanol–water partition coefficient (Wildman–Crippen LogP) is 3.29. The number of hydrogen-bond donors (Lipinski definition) is 1. The van der Waals surface area contributed by atoms with E-state index >= 15 is 0 Å². The maximum Gasteiger partial charge on any atom is 0.0957 e. The highest BCUT2D eigenvalue weighted by Gasteiger charge is 2.21. The molecule has 0 radical (unpaired) electrons. The zero-order valence-corrected chi connectivity index (χ0v) is 11.5. The van der Waals surface area contributed by atoms with Gasteiger partial charge in [0, 0.05) is 12.6 Å². The number of aromatic nitrogens is 1. The van der Waals surface area contributed by atoms with Crippen molar-refractivity contribution >= 4 is 5.69 Å². The van der Waals surface area contributed by atoms with Gasteiger partial charge < -0.3 is 10.0 Å². The first-order chi connectivity index (χ1) is 8.76. The van der Waals surface area contributed by atoms with Crippen LogP contribution in [0.1, 0.15) is 57.7 Å². The summed E-state index contributed by atoms with van der Waals surface area (Å²) in [4.78, 5) is 6.84. The molecule has 1 N–H and O–H groups in total. The van der Waals surface area contributed by atoms with Crippen molar-refractivity contribution < 1.29 is 5.11 Å². The monoisotopic (exact) mass is 248 g/mol. The van der Waals surface area contributed by atoms with Gasteiger partial charge in [-0.15, -0.1) is 0 Å². The van der Waals surface area contributed by atoms with Crippen molar-refractivity contribution in [3.8, 4) is 0 Å². The fourth-order valence-corrected chi connectivity index (χ4v) is 2.84. The van der Waals surface area contributed by atoms with Crippen LogP contribution in [0.3, 0.4) is 0 Å². The molecule has 1 heterocycles. The fraction of sp³-hybridized carbons (Fsp3) is 0.667. The first-order valence-electron chi connectivity index (χ1n) is 7.17. The van der Waals surface area contributed by atoms with Crippen molar-refractivity contribution in [2.75, 3.05) is 11.4 Å². The van der Waals surface area contributed by atoms with Gasteiger partial charge in [0.05, 0.1) is 23.7 Å². The molecule has 1 aliphatic carbocycles. The lowest BCUT2D eigenvalue weighted by Gasteiger charge is -2.29. The van der Waals surface area contributed by atoms with Gasteiger partial charge in [0.1, 0.15) is 0 Å². The first kappa shape index (κ1) is 13.3. The molecule has 100 valence electrons. The van der Waals surface area contributed by atoms with E-state index in [-0.39, 0.29) is 0 Å². The second-order valence-corrected chi connectivity index (χ2v) is 5.09. The van der Waals surface area contributed by atoms with E-state index in [2.05, 4.69) is 22.9 Å². The number of anilines is 1. The number of aliphatic hydroxyl groups is 1. The zero-order chi connectivity index (χ0) is 13.0. The van der Waals surface area contributed by atoms with Crippen LogP contribution in [0, 0.1) is 0 Å². The number of rotatable bonds is 5. The standard InChI is InChI=1S/C15H24N2O/c1-3-15(18)14-10-9-13(11-16-14)17(4-2)12-7-5-6-8-12/h9-12,15,18H,3-8H2,1-2H3. The molecule has 1 saturated carbocycles. The van der Waals surface area contributed by atoms with E-state index in [9.17, 15) is 5.11 Å². The highest BCUT2D eigenvalue weighted by molar-refractivity contribution is 5.46. The minimum Gasteiger partial charge on any atom is -0.387 e. The van der Waals surface area contributed by atoms with Gasteiger partial charge >= 0.3 is 0 Å². The molecule has 2 rings (SSSR count). The zero-order valence-electron chi connectivity index (χ0n) is 11.5.